The standard InChI is InChI=1S/C21H22O6/c1-23-17-5-3-13(9-19(17)24-2)7-15-11-25-21(22)16(15)8-14-4-6-18-20(10-14)27-12-26-18/h3-6,9-10,15-16H,7-8,11-12H2,1-2H3/t15-,16-/m0/s1. The summed E-state index contributed by atoms with van der Waals surface area (Å²) in [4.78, 5) is 12.3. The molecule has 0 unspecified atom stereocenters. The molecular weight excluding hydrogens is 348 g/mol. The van der Waals surface area contributed by atoms with Crippen molar-refractivity contribution in [2.24, 2.45) is 11.8 Å². The van der Waals surface area contributed by atoms with Gasteiger partial charge < -0.3 is 23.7 Å². The number of methoxy groups -OCH3 is 2. The van der Waals surface area contributed by atoms with Crippen molar-refractivity contribution in [1.29, 1.82) is 0 Å². The summed E-state index contributed by atoms with van der Waals surface area (Å²) in [5, 5.41) is 0. The van der Waals surface area contributed by atoms with Crippen molar-refractivity contribution in [3.05, 3.63) is 47.5 Å². The van der Waals surface area contributed by atoms with E-state index < -0.39 is 0 Å². The van der Waals surface area contributed by atoms with E-state index in [9.17, 15) is 4.79 Å². The molecule has 6 nitrogen and oxygen atoms in total. The molecule has 2 heterocycles. The lowest BCUT2D eigenvalue weighted by Crippen LogP contribution is -2.20. The Kier molecular flexibility index (Phi) is 4.79. The fourth-order valence-electron chi connectivity index (χ4n) is 3.69. The van der Waals surface area contributed by atoms with Gasteiger partial charge >= 0.3 is 5.97 Å². The molecule has 6 heteroatoms. The van der Waals surface area contributed by atoms with Crippen LogP contribution in [0.15, 0.2) is 36.4 Å². The summed E-state index contributed by atoms with van der Waals surface area (Å²) in [6, 6.07) is 11.7. The van der Waals surface area contributed by atoms with Crippen LogP contribution in [0, 0.1) is 11.8 Å². The molecule has 2 aliphatic rings. The summed E-state index contributed by atoms with van der Waals surface area (Å²) >= 11 is 0. The molecule has 27 heavy (non-hydrogen) atoms. The second-order valence-corrected chi connectivity index (χ2v) is 6.78. The largest absolute Gasteiger partial charge is 0.493 e. The number of cyclic esters (lactones) is 1. The number of rotatable bonds is 6. The first-order chi connectivity index (χ1) is 13.2. The van der Waals surface area contributed by atoms with Crippen molar-refractivity contribution in [2.45, 2.75) is 12.8 Å². The molecule has 142 valence electrons. The number of esters is 1. The van der Waals surface area contributed by atoms with E-state index in [4.69, 9.17) is 23.7 Å². The molecule has 0 radical (unpaired) electrons. The van der Waals surface area contributed by atoms with E-state index in [0.717, 1.165) is 29.0 Å². The summed E-state index contributed by atoms with van der Waals surface area (Å²) in [6.45, 7) is 0.675. The van der Waals surface area contributed by atoms with Crippen LogP contribution in [0.3, 0.4) is 0 Å². The molecule has 1 fully saturated rings. The van der Waals surface area contributed by atoms with Gasteiger partial charge in [-0.3, -0.25) is 4.79 Å². The van der Waals surface area contributed by atoms with E-state index >= 15 is 0 Å². The van der Waals surface area contributed by atoms with Crippen LogP contribution in [0.1, 0.15) is 11.1 Å². The topological polar surface area (TPSA) is 63.2 Å². The fourth-order valence-corrected chi connectivity index (χ4v) is 3.69. The highest BCUT2D eigenvalue weighted by Crippen LogP contribution is 2.36. The van der Waals surface area contributed by atoms with Crippen LogP contribution in [0.2, 0.25) is 0 Å². The molecule has 1 saturated heterocycles. The normalized spacial score (nSPS) is 20.4. The predicted octanol–water partition coefficient (Wildman–Crippen LogP) is 3.01. The van der Waals surface area contributed by atoms with Gasteiger partial charge in [0.05, 0.1) is 26.7 Å². The third kappa shape index (κ3) is 3.52. The van der Waals surface area contributed by atoms with Crippen LogP contribution in [0.25, 0.3) is 0 Å². The van der Waals surface area contributed by atoms with Crippen LogP contribution in [-0.2, 0) is 22.4 Å². The smallest absolute Gasteiger partial charge is 0.309 e. The van der Waals surface area contributed by atoms with Crippen molar-refractivity contribution in [2.75, 3.05) is 27.6 Å². The zero-order valence-electron chi connectivity index (χ0n) is 15.4. The molecule has 0 spiro atoms. The Bertz CT molecular complexity index is 847. The molecule has 0 N–H and O–H groups in total. The van der Waals surface area contributed by atoms with E-state index in [2.05, 4.69) is 0 Å². The number of fused-ring (bicyclic) bond motifs is 1. The first kappa shape index (κ1) is 17.5. The zero-order chi connectivity index (χ0) is 18.8. The zero-order valence-corrected chi connectivity index (χ0v) is 15.4. The van der Waals surface area contributed by atoms with Crippen LogP contribution < -0.4 is 18.9 Å². The Morgan fingerprint density at radius 2 is 1.63 bits per heavy atom. The molecule has 0 bridgehead atoms. The molecule has 0 amide bonds. The minimum atomic E-state index is -0.182. The maximum Gasteiger partial charge on any atom is 0.309 e. The maximum absolute atomic E-state index is 12.3. The van der Waals surface area contributed by atoms with Gasteiger partial charge in [0, 0.05) is 5.92 Å². The number of hydrogen-bond acceptors (Lipinski definition) is 6. The van der Waals surface area contributed by atoms with Crippen LogP contribution in [0.5, 0.6) is 23.0 Å². The molecular formula is C21H22O6. The van der Waals surface area contributed by atoms with Gasteiger partial charge in [-0.15, -0.1) is 0 Å². The van der Waals surface area contributed by atoms with Crippen molar-refractivity contribution in [3.8, 4) is 23.0 Å². The number of hydrogen-bond donors (Lipinski definition) is 0. The molecule has 4 rings (SSSR count). The average molecular weight is 370 g/mol. The molecule has 2 aromatic rings. The van der Waals surface area contributed by atoms with Gasteiger partial charge in [0.2, 0.25) is 6.79 Å². The summed E-state index contributed by atoms with van der Waals surface area (Å²) in [7, 11) is 3.23. The fraction of sp³-hybridized carbons (Fsp3) is 0.381. The molecule has 0 aromatic heterocycles. The molecule has 2 atom stereocenters. The monoisotopic (exact) mass is 370 g/mol. The summed E-state index contributed by atoms with van der Waals surface area (Å²) in [5.74, 6) is 2.65. The van der Waals surface area contributed by atoms with Gasteiger partial charge in [0.25, 0.3) is 0 Å². The van der Waals surface area contributed by atoms with Crippen molar-refractivity contribution in [1.82, 2.24) is 0 Å². The highest BCUT2D eigenvalue weighted by Gasteiger charge is 2.37. The summed E-state index contributed by atoms with van der Waals surface area (Å²) in [5.41, 5.74) is 2.13. The second kappa shape index (κ2) is 7.39. The Hall–Kier alpha value is -2.89. The Morgan fingerprint density at radius 1 is 0.889 bits per heavy atom. The van der Waals surface area contributed by atoms with Gasteiger partial charge in [-0.25, -0.2) is 0 Å². The molecule has 2 aliphatic heterocycles. The van der Waals surface area contributed by atoms with Crippen molar-refractivity contribution < 1.29 is 28.5 Å². The SMILES string of the molecule is COc1ccc(C[C@H]2COC(=O)[C@H]2Cc2ccc3c(c2)OCO3)cc1OC. The van der Waals surface area contributed by atoms with Gasteiger partial charge in [-0.05, 0) is 48.2 Å². The summed E-state index contributed by atoms with van der Waals surface area (Å²) in [6.07, 6.45) is 1.36. The van der Waals surface area contributed by atoms with Gasteiger partial charge in [-0.1, -0.05) is 12.1 Å². The predicted molar refractivity (Wildman–Crippen MR) is 97.5 cm³/mol. The number of carbonyl (C=O) groups is 1. The Labute approximate surface area is 157 Å². The average Bonchev–Trinajstić information content (AvgIpc) is 3.29. The number of ether oxygens (including phenoxy) is 5. The van der Waals surface area contributed by atoms with E-state index in [0.29, 0.717) is 24.5 Å². The molecule has 0 aliphatic carbocycles. The quantitative estimate of drug-likeness (QED) is 0.729. The van der Waals surface area contributed by atoms with E-state index in [1.807, 2.05) is 36.4 Å². The van der Waals surface area contributed by atoms with Gasteiger partial charge in [0.1, 0.15) is 0 Å². The van der Waals surface area contributed by atoms with E-state index in [-0.39, 0.29) is 24.6 Å². The van der Waals surface area contributed by atoms with Crippen LogP contribution in [0.4, 0.5) is 0 Å². The maximum atomic E-state index is 12.3. The van der Waals surface area contributed by atoms with Crippen LogP contribution in [-0.4, -0.2) is 33.6 Å². The lowest BCUT2D eigenvalue weighted by Gasteiger charge is -2.17. The number of benzene rings is 2. The second-order valence-electron chi connectivity index (χ2n) is 6.78. The lowest BCUT2D eigenvalue weighted by atomic mass is 9.85. The lowest BCUT2D eigenvalue weighted by molar-refractivity contribution is -0.141. The summed E-state index contributed by atoms with van der Waals surface area (Å²) < 4.78 is 26.8. The van der Waals surface area contributed by atoms with Crippen molar-refractivity contribution >= 4 is 5.97 Å². The van der Waals surface area contributed by atoms with Crippen LogP contribution >= 0.6 is 0 Å². The Balaban J connectivity index is 1.50. The highest BCUT2D eigenvalue weighted by molar-refractivity contribution is 5.75. The first-order valence-corrected chi connectivity index (χ1v) is 8.94. The Morgan fingerprint density at radius 3 is 2.44 bits per heavy atom. The molecule has 0 saturated carbocycles. The van der Waals surface area contributed by atoms with Gasteiger partial charge in [0.15, 0.2) is 23.0 Å². The van der Waals surface area contributed by atoms with Gasteiger partial charge in [-0.2, -0.15) is 0 Å². The number of carbonyl (C=O) groups excluding carboxylic acids is 1. The first-order valence-electron chi connectivity index (χ1n) is 8.94. The minimum absolute atomic E-state index is 0.112. The third-order valence-electron chi connectivity index (χ3n) is 5.15. The van der Waals surface area contributed by atoms with E-state index in [1.54, 1.807) is 14.2 Å². The minimum Gasteiger partial charge on any atom is -0.493 e. The highest BCUT2D eigenvalue weighted by atomic mass is 16.7. The van der Waals surface area contributed by atoms with Crippen molar-refractivity contribution in [3.63, 3.8) is 0 Å². The third-order valence-corrected chi connectivity index (χ3v) is 5.15. The van der Waals surface area contributed by atoms with E-state index in [1.165, 1.54) is 0 Å². The molecule has 2 aromatic carbocycles.